The summed E-state index contributed by atoms with van der Waals surface area (Å²) in [6, 6.07) is 8.87. The molecule has 0 saturated carbocycles. The molecule has 5 nitrogen and oxygen atoms in total. The molecule has 1 heterocycles. The lowest BCUT2D eigenvalue weighted by atomic mass is 10.0. The van der Waals surface area contributed by atoms with E-state index in [4.69, 9.17) is 4.52 Å². The summed E-state index contributed by atoms with van der Waals surface area (Å²) in [5.74, 6) is 0.538. The van der Waals surface area contributed by atoms with E-state index in [0.717, 1.165) is 18.2 Å². The van der Waals surface area contributed by atoms with Gasteiger partial charge in [0, 0.05) is 11.3 Å². The number of halogens is 3. The Balaban J connectivity index is 2.02. The summed E-state index contributed by atoms with van der Waals surface area (Å²) >= 11 is 0. The van der Waals surface area contributed by atoms with Crippen LogP contribution in [0.3, 0.4) is 0 Å². The Morgan fingerprint density at radius 1 is 1.04 bits per heavy atom. The molecule has 0 saturated heterocycles. The van der Waals surface area contributed by atoms with Gasteiger partial charge in [0.05, 0.1) is 16.2 Å². The number of nitrogens with zero attached hydrogens (tertiary/aromatic N) is 1. The summed E-state index contributed by atoms with van der Waals surface area (Å²) in [5, 5.41) is 3.86. The number of sulfonamides is 1. The van der Waals surface area contributed by atoms with Crippen LogP contribution in [0.1, 0.15) is 22.6 Å². The van der Waals surface area contributed by atoms with Crippen LogP contribution in [-0.2, 0) is 16.2 Å². The summed E-state index contributed by atoms with van der Waals surface area (Å²) in [6.07, 6.45) is -4.57. The highest BCUT2D eigenvalue weighted by Crippen LogP contribution is 2.33. The van der Waals surface area contributed by atoms with Gasteiger partial charge in [-0.15, -0.1) is 0 Å². The summed E-state index contributed by atoms with van der Waals surface area (Å²) in [4.78, 5) is -0.0394. The smallest absolute Gasteiger partial charge is 0.361 e. The molecule has 0 unspecified atom stereocenters. The molecular weight excluding hydrogens is 393 g/mol. The first-order valence-corrected chi connectivity index (χ1v) is 9.71. The zero-order valence-corrected chi connectivity index (χ0v) is 16.1. The maximum absolute atomic E-state index is 12.9. The topological polar surface area (TPSA) is 72.2 Å². The van der Waals surface area contributed by atoms with E-state index in [1.54, 1.807) is 32.9 Å². The standard InChI is InChI=1S/C19H17F3N2O3S/c1-11-7-8-14(18-12(2)23-27-13(18)3)9-17(11)28(25,26)24-16-6-4-5-15(10-16)19(20,21)22/h4-10,24H,1-3H3. The summed E-state index contributed by atoms with van der Waals surface area (Å²) in [7, 11) is -4.11. The maximum atomic E-state index is 12.9. The second kappa shape index (κ2) is 6.97. The zero-order valence-electron chi connectivity index (χ0n) is 15.3. The van der Waals surface area contributed by atoms with Gasteiger partial charge in [-0.25, -0.2) is 8.42 Å². The van der Waals surface area contributed by atoms with Crippen molar-refractivity contribution in [3.8, 4) is 11.1 Å². The van der Waals surface area contributed by atoms with Crippen LogP contribution in [-0.4, -0.2) is 13.6 Å². The van der Waals surface area contributed by atoms with Gasteiger partial charge in [0.25, 0.3) is 10.0 Å². The normalized spacial score (nSPS) is 12.2. The van der Waals surface area contributed by atoms with Gasteiger partial charge >= 0.3 is 6.18 Å². The average Bonchev–Trinajstić information content (AvgIpc) is 2.93. The predicted molar refractivity (Wildman–Crippen MR) is 98.4 cm³/mol. The number of alkyl halides is 3. The number of nitrogens with one attached hydrogen (secondary N) is 1. The number of aromatic nitrogens is 1. The van der Waals surface area contributed by atoms with Gasteiger partial charge in [-0.3, -0.25) is 4.72 Å². The highest BCUT2D eigenvalue weighted by molar-refractivity contribution is 7.92. The molecule has 1 aromatic heterocycles. The van der Waals surface area contributed by atoms with Crippen LogP contribution in [0, 0.1) is 20.8 Å². The van der Waals surface area contributed by atoms with Gasteiger partial charge in [-0.1, -0.05) is 23.4 Å². The molecule has 0 amide bonds. The van der Waals surface area contributed by atoms with Crippen molar-refractivity contribution in [3.05, 3.63) is 65.0 Å². The lowest BCUT2D eigenvalue weighted by Crippen LogP contribution is -2.15. The van der Waals surface area contributed by atoms with Crippen LogP contribution >= 0.6 is 0 Å². The Morgan fingerprint density at radius 2 is 1.75 bits per heavy atom. The Hall–Kier alpha value is -2.81. The van der Waals surface area contributed by atoms with Crippen molar-refractivity contribution in [2.24, 2.45) is 0 Å². The van der Waals surface area contributed by atoms with E-state index >= 15 is 0 Å². The van der Waals surface area contributed by atoms with E-state index < -0.39 is 21.8 Å². The van der Waals surface area contributed by atoms with Gasteiger partial charge in [0.15, 0.2) is 0 Å². The van der Waals surface area contributed by atoms with Crippen molar-refractivity contribution in [2.45, 2.75) is 31.8 Å². The van der Waals surface area contributed by atoms with Gasteiger partial charge in [0.2, 0.25) is 0 Å². The molecule has 0 aliphatic heterocycles. The Bertz CT molecular complexity index is 1120. The minimum Gasteiger partial charge on any atom is -0.361 e. The second-order valence-electron chi connectivity index (χ2n) is 6.36. The first kappa shape index (κ1) is 19.9. The number of aryl methyl sites for hydroxylation is 3. The zero-order chi connectivity index (χ0) is 20.7. The van der Waals surface area contributed by atoms with Crippen molar-refractivity contribution < 1.29 is 26.1 Å². The van der Waals surface area contributed by atoms with Crippen LogP contribution in [0.4, 0.5) is 18.9 Å². The van der Waals surface area contributed by atoms with Crippen molar-refractivity contribution in [1.29, 1.82) is 0 Å². The molecule has 0 bridgehead atoms. The minimum absolute atomic E-state index is 0.0394. The third kappa shape index (κ3) is 3.89. The van der Waals surface area contributed by atoms with Crippen molar-refractivity contribution >= 4 is 15.7 Å². The first-order chi connectivity index (χ1) is 13.0. The molecule has 0 radical (unpaired) electrons. The first-order valence-electron chi connectivity index (χ1n) is 8.23. The van der Waals surface area contributed by atoms with Gasteiger partial charge in [-0.05, 0) is 56.2 Å². The lowest BCUT2D eigenvalue weighted by molar-refractivity contribution is -0.137. The van der Waals surface area contributed by atoms with E-state index in [2.05, 4.69) is 9.88 Å². The van der Waals surface area contributed by atoms with E-state index in [-0.39, 0.29) is 10.6 Å². The second-order valence-corrected chi connectivity index (χ2v) is 8.01. The maximum Gasteiger partial charge on any atom is 0.416 e. The van der Waals surface area contributed by atoms with Gasteiger partial charge in [0.1, 0.15) is 5.76 Å². The molecule has 9 heteroatoms. The number of rotatable bonds is 4. The van der Waals surface area contributed by atoms with E-state index in [0.29, 0.717) is 28.1 Å². The minimum atomic E-state index is -4.57. The van der Waals surface area contributed by atoms with Crippen LogP contribution in [0.2, 0.25) is 0 Å². The third-order valence-electron chi connectivity index (χ3n) is 4.24. The van der Waals surface area contributed by atoms with Crippen molar-refractivity contribution in [3.63, 3.8) is 0 Å². The number of benzene rings is 2. The Labute approximate surface area is 160 Å². The fourth-order valence-electron chi connectivity index (χ4n) is 2.91. The molecule has 0 aliphatic rings. The Kier molecular flexibility index (Phi) is 4.97. The highest BCUT2D eigenvalue weighted by atomic mass is 32.2. The van der Waals surface area contributed by atoms with Crippen LogP contribution in [0.5, 0.6) is 0 Å². The summed E-state index contributed by atoms with van der Waals surface area (Å²) in [5.41, 5.74) is 1.22. The molecule has 3 aromatic rings. The molecule has 0 atom stereocenters. The lowest BCUT2D eigenvalue weighted by Gasteiger charge is -2.13. The van der Waals surface area contributed by atoms with E-state index in [9.17, 15) is 21.6 Å². The van der Waals surface area contributed by atoms with E-state index in [1.807, 2.05) is 0 Å². The quantitative estimate of drug-likeness (QED) is 0.651. The van der Waals surface area contributed by atoms with Crippen LogP contribution in [0.25, 0.3) is 11.1 Å². The highest BCUT2D eigenvalue weighted by Gasteiger charge is 2.31. The molecule has 1 N–H and O–H groups in total. The largest absolute Gasteiger partial charge is 0.416 e. The fraction of sp³-hybridized carbons (Fsp3) is 0.211. The van der Waals surface area contributed by atoms with E-state index in [1.165, 1.54) is 12.1 Å². The molecular formula is C19H17F3N2O3S. The number of anilines is 1. The summed E-state index contributed by atoms with van der Waals surface area (Å²) in [6.45, 7) is 5.06. The molecule has 148 valence electrons. The molecule has 2 aromatic carbocycles. The van der Waals surface area contributed by atoms with Crippen LogP contribution in [0.15, 0.2) is 51.9 Å². The summed E-state index contributed by atoms with van der Waals surface area (Å²) < 4.78 is 71.7. The monoisotopic (exact) mass is 410 g/mol. The number of hydrogen-bond donors (Lipinski definition) is 1. The number of hydrogen-bond acceptors (Lipinski definition) is 4. The van der Waals surface area contributed by atoms with Crippen molar-refractivity contribution in [1.82, 2.24) is 5.16 Å². The molecule has 3 rings (SSSR count). The molecule has 0 spiro atoms. The SMILES string of the molecule is Cc1ccc(-c2c(C)noc2C)cc1S(=O)(=O)Nc1cccc(C(F)(F)F)c1. The van der Waals surface area contributed by atoms with Gasteiger partial charge in [-0.2, -0.15) is 13.2 Å². The van der Waals surface area contributed by atoms with Gasteiger partial charge < -0.3 is 4.52 Å². The van der Waals surface area contributed by atoms with Crippen molar-refractivity contribution in [2.75, 3.05) is 4.72 Å². The molecule has 0 fully saturated rings. The third-order valence-corrected chi connectivity index (χ3v) is 5.77. The van der Waals surface area contributed by atoms with Crippen LogP contribution < -0.4 is 4.72 Å². The molecule has 28 heavy (non-hydrogen) atoms. The predicted octanol–water partition coefficient (Wildman–Crippen LogP) is 5.09. The molecule has 0 aliphatic carbocycles. The average molecular weight is 410 g/mol. The fourth-order valence-corrected chi connectivity index (χ4v) is 4.23. The Morgan fingerprint density at radius 3 is 2.36 bits per heavy atom.